The van der Waals surface area contributed by atoms with E-state index >= 15 is 0 Å². The van der Waals surface area contributed by atoms with Crippen LogP contribution in [0.3, 0.4) is 0 Å². The molecule has 0 heterocycles. The van der Waals surface area contributed by atoms with Crippen LogP contribution in [0.15, 0.2) is 42.5 Å². The first-order valence-electron chi connectivity index (χ1n) is 6.34. The van der Waals surface area contributed by atoms with E-state index in [2.05, 4.69) is 60.9 Å². The molecule has 0 N–H and O–H groups in total. The largest absolute Gasteiger partial charge is 0.352 e. The van der Waals surface area contributed by atoms with E-state index < -0.39 is 0 Å². The summed E-state index contributed by atoms with van der Waals surface area (Å²) in [6.07, 6.45) is 6.44. The molecular formula is C18H12O. The molecule has 0 aliphatic heterocycles. The van der Waals surface area contributed by atoms with Crippen molar-refractivity contribution in [2.24, 2.45) is 0 Å². The molecule has 3 aromatic rings. The van der Waals surface area contributed by atoms with Crippen molar-refractivity contribution in [3.8, 4) is 0 Å². The first kappa shape index (κ1) is 10.4. The average Bonchev–Trinajstić information content (AvgIpc) is 2.46. The van der Waals surface area contributed by atoms with E-state index in [-0.39, 0.29) is 0 Å². The fourth-order valence-corrected chi connectivity index (χ4v) is 2.93. The molecule has 0 saturated carbocycles. The molecule has 19 heavy (non-hydrogen) atoms. The molecule has 0 bridgehead atoms. The van der Waals surface area contributed by atoms with Crippen LogP contribution in [0.25, 0.3) is 27.6 Å². The highest BCUT2D eigenvalue weighted by Gasteiger charge is 2.07. The van der Waals surface area contributed by atoms with Gasteiger partial charge in [0.2, 0.25) is 0 Å². The summed E-state index contributed by atoms with van der Waals surface area (Å²) in [5, 5.41) is 6.10. The van der Waals surface area contributed by atoms with Gasteiger partial charge in [0.1, 0.15) is 5.22 Å². The van der Waals surface area contributed by atoms with Crippen LogP contribution in [0.4, 0.5) is 0 Å². The van der Waals surface area contributed by atoms with Crippen LogP contribution in [-0.4, -0.2) is 13.1 Å². The van der Waals surface area contributed by atoms with Crippen LogP contribution in [-0.2, 0) is 4.42 Å². The Balaban J connectivity index is 2.38. The molecule has 0 unspecified atom stereocenters. The van der Waals surface area contributed by atoms with E-state index in [1.807, 2.05) is 0 Å². The van der Waals surface area contributed by atoms with Crippen molar-refractivity contribution in [3.05, 3.63) is 65.2 Å². The molecule has 1 nitrogen and oxygen atoms in total. The minimum Gasteiger partial charge on any atom is -0.207 e. The number of rotatable bonds is 0. The smallest absolute Gasteiger partial charge is 0.207 e. The zero-order valence-electron chi connectivity index (χ0n) is 10.6. The SMILES string of the molecule is C[O+]=C=c1ccc2ccc3c4c(ccc1c24)[CH-]C=C3. The molecule has 0 amide bonds. The Morgan fingerprint density at radius 3 is 2.79 bits per heavy atom. The molecule has 1 aliphatic carbocycles. The van der Waals surface area contributed by atoms with Crippen LogP contribution >= 0.6 is 0 Å². The second-order valence-corrected chi connectivity index (χ2v) is 4.78. The molecule has 0 radical (unpaired) electrons. The van der Waals surface area contributed by atoms with Gasteiger partial charge in [0.05, 0.1) is 0 Å². The molecule has 4 rings (SSSR count). The third-order valence-electron chi connectivity index (χ3n) is 3.74. The lowest BCUT2D eigenvalue weighted by Crippen LogP contribution is -2.06. The Bertz CT molecular complexity index is 925. The minimum atomic E-state index is 1.01. The predicted molar refractivity (Wildman–Crippen MR) is 79.8 cm³/mol. The molecule has 3 aromatic carbocycles. The number of hydrogen-bond acceptors (Lipinski definition) is 0. The molecule has 1 aliphatic rings. The Kier molecular flexibility index (Phi) is 2.05. The van der Waals surface area contributed by atoms with Crippen molar-refractivity contribution in [2.45, 2.75) is 0 Å². The topological polar surface area (TPSA) is 11.3 Å². The summed E-state index contributed by atoms with van der Waals surface area (Å²) in [6, 6.07) is 12.9. The van der Waals surface area contributed by atoms with Crippen LogP contribution in [0, 0.1) is 6.42 Å². The third-order valence-corrected chi connectivity index (χ3v) is 3.74. The van der Waals surface area contributed by atoms with E-state index in [1.54, 1.807) is 7.11 Å². The van der Waals surface area contributed by atoms with E-state index in [0.29, 0.717) is 0 Å². The number of benzene rings is 3. The van der Waals surface area contributed by atoms with Gasteiger partial charge in [-0.3, -0.25) is 0 Å². The standard InChI is InChI=1S/C18H12O/c1-19-11-15-8-7-14-6-5-12-3-2-4-13-9-10-16(15)18(14)17(12)13/h2-10H,1H3. The van der Waals surface area contributed by atoms with E-state index in [4.69, 9.17) is 4.42 Å². The minimum absolute atomic E-state index is 1.01. The zero-order valence-corrected chi connectivity index (χ0v) is 10.6. The molecule has 0 aromatic heterocycles. The number of carbonyl (C=O) groups excluding carboxylic acids is 1. The summed E-state index contributed by atoms with van der Waals surface area (Å²) in [6.45, 7) is 0. The molecule has 0 spiro atoms. The molecule has 1 heteroatoms. The summed E-state index contributed by atoms with van der Waals surface area (Å²) in [7, 11) is 1.64. The van der Waals surface area contributed by atoms with Gasteiger partial charge in [-0.2, -0.15) is 0 Å². The van der Waals surface area contributed by atoms with Gasteiger partial charge in [-0.05, 0) is 22.2 Å². The van der Waals surface area contributed by atoms with E-state index in [1.165, 1.54) is 32.7 Å². The molecule has 0 atom stereocenters. The lowest BCUT2D eigenvalue weighted by molar-refractivity contribution is 0.189. The van der Waals surface area contributed by atoms with Gasteiger partial charge in [-0.1, -0.05) is 29.7 Å². The lowest BCUT2D eigenvalue weighted by Gasteiger charge is -2.22. The maximum Gasteiger partial charge on any atom is 0.352 e. The second kappa shape index (κ2) is 3.74. The number of hydrogen-bond donors (Lipinski definition) is 0. The maximum absolute atomic E-state index is 5.07. The highest BCUT2D eigenvalue weighted by molar-refractivity contribution is 6.15. The number of allylic oxidation sites excluding steroid dienone is 1. The van der Waals surface area contributed by atoms with E-state index in [9.17, 15) is 0 Å². The van der Waals surface area contributed by atoms with Gasteiger partial charge in [-0.25, -0.2) is 4.42 Å². The first-order valence-corrected chi connectivity index (χ1v) is 6.34. The van der Waals surface area contributed by atoms with Crippen molar-refractivity contribution in [1.82, 2.24) is 0 Å². The van der Waals surface area contributed by atoms with Crippen molar-refractivity contribution in [2.75, 3.05) is 7.11 Å². The Morgan fingerprint density at radius 1 is 1.00 bits per heavy atom. The Hall–Kier alpha value is -2.50. The monoisotopic (exact) mass is 244 g/mol. The summed E-state index contributed by atoms with van der Waals surface area (Å²) in [5.74, 6) is 2.96. The van der Waals surface area contributed by atoms with Gasteiger partial charge in [-0.15, -0.1) is 35.8 Å². The molecule has 0 fully saturated rings. The first-order chi connectivity index (χ1) is 9.38. The summed E-state index contributed by atoms with van der Waals surface area (Å²) < 4.78 is 5.07. The van der Waals surface area contributed by atoms with Gasteiger partial charge in [0.25, 0.3) is 7.11 Å². The van der Waals surface area contributed by atoms with Crippen molar-refractivity contribution in [3.63, 3.8) is 0 Å². The Morgan fingerprint density at radius 2 is 1.89 bits per heavy atom. The predicted octanol–water partition coefficient (Wildman–Crippen LogP) is 2.96. The lowest BCUT2D eigenvalue weighted by atomic mass is 9.88. The highest BCUT2D eigenvalue weighted by atomic mass is 16.3. The summed E-state index contributed by atoms with van der Waals surface area (Å²) >= 11 is 0. The van der Waals surface area contributed by atoms with Gasteiger partial charge < -0.3 is 0 Å². The third kappa shape index (κ3) is 1.36. The van der Waals surface area contributed by atoms with Crippen molar-refractivity contribution >= 4 is 33.6 Å². The van der Waals surface area contributed by atoms with Crippen LogP contribution in [0.5, 0.6) is 0 Å². The van der Waals surface area contributed by atoms with Gasteiger partial charge in [0.15, 0.2) is 0 Å². The fourth-order valence-electron chi connectivity index (χ4n) is 2.93. The highest BCUT2D eigenvalue weighted by Crippen LogP contribution is 2.34. The van der Waals surface area contributed by atoms with Crippen LogP contribution < -0.4 is 5.22 Å². The van der Waals surface area contributed by atoms with Crippen LogP contribution in [0.2, 0.25) is 0 Å². The van der Waals surface area contributed by atoms with Gasteiger partial charge >= 0.3 is 5.94 Å². The quantitative estimate of drug-likeness (QED) is 0.425. The summed E-state index contributed by atoms with van der Waals surface area (Å²) in [5.41, 5.74) is 2.57. The normalized spacial score (nSPS) is 12.5. The van der Waals surface area contributed by atoms with Crippen molar-refractivity contribution in [1.29, 1.82) is 0 Å². The molecule has 0 saturated heterocycles. The van der Waals surface area contributed by atoms with Crippen LogP contribution in [0.1, 0.15) is 11.1 Å². The maximum atomic E-state index is 5.07. The molecule has 90 valence electrons. The van der Waals surface area contributed by atoms with Crippen molar-refractivity contribution < 1.29 is 4.42 Å². The van der Waals surface area contributed by atoms with E-state index in [0.717, 1.165) is 5.22 Å². The summed E-state index contributed by atoms with van der Waals surface area (Å²) in [4.78, 5) is 0. The second-order valence-electron chi connectivity index (χ2n) is 4.78. The van der Waals surface area contributed by atoms with Gasteiger partial charge in [0, 0.05) is 0 Å². The average molecular weight is 244 g/mol. The zero-order chi connectivity index (χ0) is 12.8. The molecular weight excluding hydrogens is 232 g/mol. The Labute approximate surface area is 111 Å². The fraction of sp³-hybridized carbons (Fsp3) is 0.0556.